The molecule has 5 rings (SSSR count). The maximum absolute atomic E-state index is 9.90. The van der Waals surface area contributed by atoms with Gasteiger partial charge in [-0.25, -0.2) is 4.98 Å². The molecule has 2 aliphatic heterocycles. The predicted molar refractivity (Wildman–Crippen MR) is 151 cm³/mol. The zero-order valence-electron chi connectivity index (χ0n) is 21.2. The summed E-state index contributed by atoms with van der Waals surface area (Å²) < 4.78 is 0. The third kappa shape index (κ3) is 6.57. The Balaban J connectivity index is 0.00000320. The number of hydrogen-bond acceptors (Lipinski definition) is 8. The van der Waals surface area contributed by atoms with E-state index >= 15 is 0 Å². The van der Waals surface area contributed by atoms with Gasteiger partial charge in [0, 0.05) is 50.7 Å². The second-order valence-corrected chi connectivity index (χ2v) is 10.2. The van der Waals surface area contributed by atoms with Gasteiger partial charge in [-0.1, -0.05) is 37.8 Å². The fraction of sp³-hybridized carbons (Fsp3) is 0.517. The molecule has 0 atom stereocenters. The first-order chi connectivity index (χ1) is 17.6. The average Bonchev–Trinajstić information content (AvgIpc) is 3.14. The second kappa shape index (κ2) is 12.6. The zero-order chi connectivity index (χ0) is 24.9. The lowest BCUT2D eigenvalue weighted by Gasteiger charge is -2.33. The first kappa shape index (κ1) is 27.3. The first-order valence-corrected chi connectivity index (χ1v) is 13.1. The number of likely N-dealkylation sites (tertiary alicyclic amines) is 1. The van der Waals surface area contributed by atoms with E-state index in [-0.39, 0.29) is 20.6 Å². The van der Waals surface area contributed by atoms with Crippen LogP contribution in [0.1, 0.15) is 43.4 Å². The number of benzene rings is 2. The highest BCUT2D eigenvalue weighted by Crippen LogP contribution is 2.29. The van der Waals surface area contributed by atoms with Crippen LogP contribution >= 0.6 is 0 Å². The van der Waals surface area contributed by atoms with Crippen molar-refractivity contribution in [2.24, 2.45) is 0 Å². The summed E-state index contributed by atoms with van der Waals surface area (Å²) in [5.41, 5.74) is 3.60. The van der Waals surface area contributed by atoms with Gasteiger partial charge in [0.15, 0.2) is 0 Å². The number of piperidine rings is 1. The van der Waals surface area contributed by atoms with Crippen LogP contribution in [-0.4, -0.2) is 82.3 Å². The Bertz CT molecular complexity index is 1150. The molecule has 0 unspecified atom stereocenters. The van der Waals surface area contributed by atoms with E-state index in [1.54, 1.807) is 0 Å². The predicted octanol–water partition coefficient (Wildman–Crippen LogP) is 3.47. The molecule has 200 valence electrons. The Labute approximate surface area is 220 Å². The number of rotatable bonds is 7. The van der Waals surface area contributed by atoms with Crippen LogP contribution < -0.4 is 10.2 Å². The van der Waals surface area contributed by atoms with Crippen molar-refractivity contribution in [2.75, 3.05) is 56.5 Å². The van der Waals surface area contributed by atoms with Gasteiger partial charge in [0.1, 0.15) is 5.82 Å². The number of likely N-dealkylation sites (N-methyl/N-ethyl adjacent to an activating group) is 1. The third-order valence-corrected chi connectivity index (χ3v) is 7.53. The van der Waals surface area contributed by atoms with Gasteiger partial charge in [-0.2, -0.15) is 4.98 Å². The lowest BCUT2D eigenvalue weighted by molar-refractivity contribution is 0.211. The van der Waals surface area contributed by atoms with Crippen molar-refractivity contribution in [1.29, 1.82) is 0 Å². The van der Waals surface area contributed by atoms with Crippen LogP contribution in [0.4, 0.5) is 11.8 Å². The number of aromatic nitrogens is 2. The van der Waals surface area contributed by atoms with E-state index in [1.165, 1.54) is 5.56 Å². The van der Waals surface area contributed by atoms with Gasteiger partial charge < -0.3 is 25.3 Å². The molecule has 0 aliphatic carbocycles. The Morgan fingerprint density at radius 2 is 1.62 bits per heavy atom. The molecular weight excluding hydrogens is 464 g/mol. The molecule has 0 bridgehead atoms. The molecule has 1 aromatic heterocycles. The smallest absolute Gasteiger partial charge is 0.227 e. The van der Waals surface area contributed by atoms with Crippen molar-refractivity contribution >= 4 is 22.7 Å². The van der Waals surface area contributed by atoms with Gasteiger partial charge >= 0.3 is 0 Å². The number of nitrogens with one attached hydrogen (secondary N) is 1. The highest BCUT2D eigenvalue weighted by atomic mass is 16.3. The molecule has 2 saturated heterocycles. The van der Waals surface area contributed by atoms with E-state index in [4.69, 9.17) is 9.97 Å². The molecule has 3 heterocycles. The van der Waals surface area contributed by atoms with E-state index in [9.17, 15) is 10.2 Å². The molecule has 8 nitrogen and oxygen atoms in total. The molecule has 3 aromatic rings. The van der Waals surface area contributed by atoms with E-state index in [0.717, 1.165) is 93.3 Å². The molecule has 0 saturated carbocycles. The Morgan fingerprint density at radius 3 is 2.35 bits per heavy atom. The van der Waals surface area contributed by atoms with Crippen LogP contribution in [0, 0.1) is 0 Å². The molecule has 0 amide bonds. The van der Waals surface area contributed by atoms with E-state index in [1.807, 2.05) is 12.1 Å². The van der Waals surface area contributed by atoms with Crippen LogP contribution in [0.5, 0.6) is 0 Å². The summed E-state index contributed by atoms with van der Waals surface area (Å²) in [6.45, 7) is 6.69. The highest BCUT2D eigenvalue weighted by Gasteiger charge is 2.23. The average molecular weight is 507 g/mol. The number of aliphatic hydroxyl groups excluding tert-OH is 2. The van der Waals surface area contributed by atoms with Gasteiger partial charge in [-0.05, 0) is 61.7 Å². The van der Waals surface area contributed by atoms with Gasteiger partial charge in [-0.15, -0.1) is 0 Å². The zero-order valence-corrected chi connectivity index (χ0v) is 21.2. The number of fused-ring (bicyclic) bond motifs is 1. The van der Waals surface area contributed by atoms with Gasteiger partial charge in [0.25, 0.3) is 0 Å². The molecule has 0 radical (unpaired) electrons. The highest BCUT2D eigenvalue weighted by molar-refractivity contribution is 5.91. The van der Waals surface area contributed by atoms with Gasteiger partial charge in [0.05, 0.1) is 18.7 Å². The third-order valence-electron chi connectivity index (χ3n) is 7.53. The second-order valence-electron chi connectivity index (χ2n) is 10.2. The van der Waals surface area contributed by atoms with Crippen molar-refractivity contribution < 1.29 is 10.2 Å². The number of hydrogen-bond donors (Lipinski definition) is 3. The Hall–Kier alpha value is -2.78. The number of nitrogens with zero attached hydrogens (tertiary/aromatic N) is 5. The van der Waals surface area contributed by atoms with Crippen LogP contribution in [0.3, 0.4) is 0 Å². The molecular formula is C29H42N6O2. The molecule has 0 spiro atoms. The lowest BCUT2D eigenvalue weighted by Crippen LogP contribution is -2.39. The van der Waals surface area contributed by atoms with Crippen molar-refractivity contribution in [2.45, 2.75) is 52.5 Å². The van der Waals surface area contributed by atoms with E-state index in [0.29, 0.717) is 11.6 Å². The number of aliphatic hydroxyl groups is 2. The summed E-state index contributed by atoms with van der Waals surface area (Å²) in [5, 5.41) is 24.4. The summed E-state index contributed by atoms with van der Waals surface area (Å²) in [7, 11) is 2.16. The minimum Gasteiger partial charge on any atom is -0.392 e. The first-order valence-electron chi connectivity index (χ1n) is 13.1. The lowest BCUT2D eigenvalue weighted by atomic mass is 10.0. The van der Waals surface area contributed by atoms with Gasteiger partial charge in [-0.3, -0.25) is 4.90 Å². The topological polar surface area (TPSA) is 88.0 Å². The Morgan fingerprint density at radius 1 is 0.892 bits per heavy atom. The fourth-order valence-electron chi connectivity index (χ4n) is 5.31. The summed E-state index contributed by atoms with van der Waals surface area (Å²) in [5.74, 6) is 1.57. The van der Waals surface area contributed by atoms with Crippen LogP contribution in [0.2, 0.25) is 0 Å². The van der Waals surface area contributed by atoms with Crippen molar-refractivity contribution in [3.05, 3.63) is 59.2 Å². The maximum atomic E-state index is 9.90. The van der Waals surface area contributed by atoms with Gasteiger partial charge in [0.2, 0.25) is 5.95 Å². The fourth-order valence-corrected chi connectivity index (χ4v) is 5.31. The summed E-state index contributed by atoms with van der Waals surface area (Å²) in [4.78, 5) is 17.1. The summed E-state index contributed by atoms with van der Waals surface area (Å²) >= 11 is 0. The molecule has 2 fully saturated rings. The SMILES string of the molecule is C.CN1CCCN(c2nc(NC3CCN(Cc4ccccc4)CC3)c3cc(CO)c(CO)cc3n2)CC1. The van der Waals surface area contributed by atoms with Crippen molar-refractivity contribution in [3.63, 3.8) is 0 Å². The largest absolute Gasteiger partial charge is 0.392 e. The normalized spacial score (nSPS) is 18.0. The summed E-state index contributed by atoms with van der Waals surface area (Å²) in [6.07, 6.45) is 3.17. The quantitative estimate of drug-likeness (QED) is 0.449. The number of anilines is 2. The standard InChI is InChI=1S/C28H38N6O2.CH4/c1-32-10-5-11-34(15-14-32)28-30-26-17-23(20-36)22(19-35)16-25(26)27(31-28)29-24-8-12-33(13-9-24)18-21-6-3-2-4-7-21;/h2-4,6-7,16-17,24,35-36H,5,8-15,18-20H2,1H3,(H,29,30,31);1H4. The minimum absolute atomic E-state index is 0. The Kier molecular flexibility index (Phi) is 9.32. The monoisotopic (exact) mass is 506 g/mol. The van der Waals surface area contributed by atoms with E-state index in [2.05, 4.69) is 57.4 Å². The van der Waals surface area contributed by atoms with E-state index < -0.39 is 0 Å². The molecule has 2 aliphatic rings. The minimum atomic E-state index is -0.123. The van der Waals surface area contributed by atoms with Crippen molar-refractivity contribution in [1.82, 2.24) is 19.8 Å². The molecule has 2 aromatic carbocycles. The summed E-state index contributed by atoms with van der Waals surface area (Å²) in [6, 6.07) is 14.8. The maximum Gasteiger partial charge on any atom is 0.227 e. The molecule has 37 heavy (non-hydrogen) atoms. The molecule has 8 heteroatoms. The van der Waals surface area contributed by atoms with Crippen LogP contribution in [0.25, 0.3) is 10.9 Å². The molecule has 3 N–H and O–H groups in total. The van der Waals surface area contributed by atoms with Crippen LogP contribution in [-0.2, 0) is 19.8 Å². The van der Waals surface area contributed by atoms with Crippen LogP contribution in [0.15, 0.2) is 42.5 Å². The van der Waals surface area contributed by atoms with Crippen molar-refractivity contribution in [3.8, 4) is 0 Å².